The van der Waals surface area contributed by atoms with Gasteiger partial charge in [-0.05, 0) is 13.0 Å². The molecule has 0 radical (unpaired) electrons. The van der Waals surface area contributed by atoms with Crippen LogP contribution in [0.1, 0.15) is 5.69 Å². The van der Waals surface area contributed by atoms with Crippen LogP contribution in [0, 0.1) is 6.92 Å². The molecule has 0 unspecified atom stereocenters. The van der Waals surface area contributed by atoms with Gasteiger partial charge in [0, 0.05) is 10.8 Å². The smallest absolute Gasteiger partial charge is 0.221 e. The molecule has 3 nitrogen and oxygen atoms in total. The van der Waals surface area contributed by atoms with E-state index in [0.29, 0.717) is 11.6 Å². The number of methoxy groups -OCH3 is 1. The molecule has 0 atom stereocenters. The Morgan fingerprint density at radius 3 is 2.50 bits per heavy atom. The normalized spacial score (nSPS) is 10.4. The third-order valence-electron chi connectivity index (χ3n) is 2.22. The van der Waals surface area contributed by atoms with Crippen LogP contribution in [0.15, 0.2) is 24.3 Å². The van der Waals surface area contributed by atoms with E-state index in [-0.39, 0.29) is 5.75 Å². The molecule has 0 saturated carbocycles. The van der Waals surface area contributed by atoms with E-state index in [1.54, 1.807) is 14.0 Å². The number of aryl methyl sites for hydroxylation is 1. The highest BCUT2D eigenvalue weighted by molar-refractivity contribution is 5.92. The first-order valence-corrected chi connectivity index (χ1v) is 4.36. The lowest BCUT2D eigenvalue weighted by Gasteiger charge is -2.07. The average Bonchev–Trinajstić information content (AvgIpc) is 2.23. The van der Waals surface area contributed by atoms with Crippen LogP contribution in [0.5, 0.6) is 11.6 Å². The third kappa shape index (κ3) is 1.18. The van der Waals surface area contributed by atoms with Crippen molar-refractivity contribution >= 4 is 10.8 Å². The summed E-state index contributed by atoms with van der Waals surface area (Å²) in [6, 6.07) is 7.49. The number of fused-ring (bicyclic) bond motifs is 1. The molecule has 1 aromatic carbocycles. The SMILES string of the molecule is COc1nc(C)c(O)c2ccccc12. The van der Waals surface area contributed by atoms with Gasteiger partial charge in [-0.15, -0.1) is 0 Å². The first kappa shape index (κ1) is 8.81. The van der Waals surface area contributed by atoms with E-state index in [1.807, 2.05) is 24.3 Å². The Kier molecular flexibility index (Phi) is 2.00. The molecule has 0 fully saturated rings. The van der Waals surface area contributed by atoms with E-state index in [2.05, 4.69) is 4.98 Å². The molecule has 1 aromatic heterocycles. The first-order chi connectivity index (χ1) is 6.74. The van der Waals surface area contributed by atoms with Crippen LogP contribution in [-0.4, -0.2) is 17.2 Å². The second-order valence-electron chi connectivity index (χ2n) is 3.10. The molecule has 1 heterocycles. The number of benzene rings is 1. The van der Waals surface area contributed by atoms with Gasteiger partial charge in [0.2, 0.25) is 5.88 Å². The van der Waals surface area contributed by atoms with Crippen LogP contribution < -0.4 is 4.74 Å². The Morgan fingerprint density at radius 2 is 1.86 bits per heavy atom. The van der Waals surface area contributed by atoms with E-state index >= 15 is 0 Å². The van der Waals surface area contributed by atoms with Crippen molar-refractivity contribution in [1.82, 2.24) is 4.98 Å². The number of nitrogens with zero attached hydrogens (tertiary/aromatic N) is 1. The first-order valence-electron chi connectivity index (χ1n) is 4.36. The number of hydrogen-bond acceptors (Lipinski definition) is 3. The predicted molar refractivity (Wildman–Crippen MR) is 54.7 cm³/mol. The number of ether oxygens (including phenoxy) is 1. The van der Waals surface area contributed by atoms with Crippen molar-refractivity contribution in [1.29, 1.82) is 0 Å². The minimum absolute atomic E-state index is 0.224. The summed E-state index contributed by atoms with van der Waals surface area (Å²) in [4.78, 5) is 4.15. The molecule has 0 aliphatic rings. The van der Waals surface area contributed by atoms with Gasteiger partial charge in [0.05, 0.1) is 12.8 Å². The highest BCUT2D eigenvalue weighted by Gasteiger charge is 2.09. The fraction of sp³-hybridized carbons (Fsp3) is 0.182. The molecule has 0 bridgehead atoms. The molecular weight excluding hydrogens is 178 g/mol. The maximum absolute atomic E-state index is 9.76. The van der Waals surface area contributed by atoms with Gasteiger partial charge in [0.15, 0.2) is 0 Å². The lowest BCUT2D eigenvalue weighted by molar-refractivity contribution is 0.399. The average molecular weight is 189 g/mol. The Balaban J connectivity index is 2.89. The van der Waals surface area contributed by atoms with Crippen LogP contribution in [0.2, 0.25) is 0 Å². The topological polar surface area (TPSA) is 42.4 Å². The summed E-state index contributed by atoms with van der Waals surface area (Å²) in [7, 11) is 1.57. The standard InChI is InChI=1S/C11H11NO2/c1-7-10(13)8-5-3-4-6-9(8)11(12-7)14-2/h3-6,13H,1-2H3. The van der Waals surface area contributed by atoms with E-state index in [4.69, 9.17) is 4.74 Å². The van der Waals surface area contributed by atoms with Crippen molar-refractivity contribution < 1.29 is 9.84 Å². The van der Waals surface area contributed by atoms with Gasteiger partial charge in [-0.25, -0.2) is 4.98 Å². The quantitative estimate of drug-likeness (QED) is 0.748. The Morgan fingerprint density at radius 1 is 1.21 bits per heavy atom. The van der Waals surface area contributed by atoms with Crippen molar-refractivity contribution in [2.45, 2.75) is 6.92 Å². The van der Waals surface area contributed by atoms with Gasteiger partial charge in [0.25, 0.3) is 0 Å². The molecule has 14 heavy (non-hydrogen) atoms. The van der Waals surface area contributed by atoms with E-state index in [1.165, 1.54) is 0 Å². The zero-order valence-corrected chi connectivity index (χ0v) is 8.11. The predicted octanol–water partition coefficient (Wildman–Crippen LogP) is 2.26. The molecule has 0 saturated heterocycles. The number of rotatable bonds is 1. The summed E-state index contributed by atoms with van der Waals surface area (Å²) in [6.07, 6.45) is 0. The lowest BCUT2D eigenvalue weighted by atomic mass is 10.1. The van der Waals surface area contributed by atoms with Gasteiger partial charge in [0.1, 0.15) is 5.75 Å². The monoisotopic (exact) mass is 189 g/mol. The number of pyridine rings is 1. The van der Waals surface area contributed by atoms with Crippen molar-refractivity contribution in [2.24, 2.45) is 0 Å². The minimum atomic E-state index is 0.224. The molecule has 0 amide bonds. The summed E-state index contributed by atoms with van der Waals surface area (Å²) in [5.41, 5.74) is 0.584. The van der Waals surface area contributed by atoms with Gasteiger partial charge < -0.3 is 9.84 Å². The van der Waals surface area contributed by atoms with Gasteiger partial charge in [-0.3, -0.25) is 0 Å². The zero-order chi connectivity index (χ0) is 10.1. The van der Waals surface area contributed by atoms with Gasteiger partial charge in [-0.2, -0.15) is 0 Å². The molecule has 0 spiro atoms. The largest absolute Gasteiger partial charge is 0.505 e. The molecule has 0 aliphatic carbocycles. The maximum Gasteiger partial charge on any atom is 0.221 e. The summed E-state index contributed by atoms with van der Waals surface area (Å²) in [5, 5.41) is 11.4. The number of aromatic hydroxyl groups is 1. The molecule has 2 aromatic rings. The summed E-state index contributed by atoms with van der Waals surface area (Å²) >= 11 is 0. The fourth-order valence-corrected chi connectivity index (χ4v) is 1.49. The van der Waals surface area contributed by atoms with Crippen LogP contribution in [0.3, 0.4) is 0 Å². The summed E-state index contributed by atoms with van der Waals surface area (Å²) in [5.74, 6) is 0.775. The maximum atomic E-state index is 9.76. The van der Waals surface area contributed by atoms with E-state index in [9.17, 15) is 5.11 Å². The second kappa shape index (κ2) is 3.18. The highest BCUT2D eigenvalue weighted by Crippen LogP contribution is 2.32. The fourth-order valence-electron chi connectivity index (χ4n) is 1.49. The van der Waals surface area contributed by atoms with Crippen molar-refractivity contribution in [3.63, 3.8) is 0 Å². The molecule has 3 heteroatoms. The van der Waals surface area contributed by atoms with Crippen LogP contribution in [0.4, 0.5) is 0 Å². The van der Waals surface area contributed by atoms with E-state index in [0.717, 1.165) is 10.8 Å². The zero-order valence-electron chi connectivity index (χ0n) is 8.11. The minimum Gasteiger partial charge on any atom is -0.505 e. The van der Waals surface area contributed by atoms with Crippen molar-refractivity contribution in [3.05, 3.63) is 30.0 Å². The highest BCUT2D eigenvalue weighted by atomic mass is 16.5. The van der Waals surface area contributed by atoms with Crippen LogP contribution >= 0.6 is 0 Å². The van der Waals surface area contributed by atoms with Gasteiger partial charge >= 0.3 is 0 Å². The summed E-state index contributed by atoms with van der Waals surface area (Å²) < 4.78 is 5.14. The molecule has 2 rings (SSSR count). The molecule has 72 valence electrons. The Hall–Kier alpha value is -1.77. The molecular formula is C11H11NO2. The number of aromatic nitrogens is 1. The van der Waals surface area contributed by atoms with Gasteiger partial charge in [-0.1, -0.05) is 18.2 Å². The van der Waals surface area contributed by atoms with Crippen molar-refractivity contribution in [2.75, 3.05) is 7.11 Å². The summed E-state index contributed by atoms with van der Waals surface area (Å²) in [6.45, 7) is 1.75. The lowest BCUT2D eigenvalue weighted by Crippen LogP contribution is -1.92. The second-order valence-corrected chi connectivity index (χ2v) is 3.10. The third-order valence-corrected chi connectivity index (χ3v) is 2.22. The van der Waals surface area contributed by atoms with Crippen LogP contribution in [-0.2, 0) is 0 Å². The molecule has 0 aliphatic heterocycles. The molecule has 1 N–H and O–H groups in total. The Bertz CT molecular complexity index is 480. The van der Waals surface area contributed by atoms with Crippen LogP contribution in [0.25, 0.3) is 10.8 Å². The van der Waals surface area contributed by atoms with E-state index < -0.39 is 0 Å². The number of hydrogen-bond donors (Lipinski definition) is 1. The Labute approximate surface area is 82.0 Å². The van der Waals surface area contributed by atoms with Crippen molar-refractivity contribution in [3.8, 4) is 11.6 Å².